The maximum Gasteiger partial charge on any atom is 0.417 e. The molecule has 0 saturated carbocycles. The van der Waals surface area contributed by atoms with Gasteiger partial charge in [-0.2, -0.15) is 17.6 Å². The Balaban J connectivity index is 1.75. The van der Waals surface area contributed by atoms with Crippen LogP contribution in [0.3, 0.4) is 0 Å². The summed E-state index contributed by atoms with van der Waals surface area (Å²) in [5, 5.41) is 2.24. The molecule has 6 nitrogen and oxygen atoms in total. The van der Waals surface area contributed by atoms with Gasteiger partial charge in [-0.25, -0.2) is 8.78 Å². The molecule has 1 N–H and O–H groups in total. The van der Waals surface area contributed by atoms with E-state index < -0.39 is 58.8 Å². The molecule has 1 aromatic heterocycles. The number of alkyl halides is 3. The number of aromatic nitrogens is 1. The van der Waals surface area contributed by atoms with Gasteiger partial charge in [0, 0.05) is 17.4 Å². The van der Waals surface area contributed by atoms with Gasteiger partial charge in [0.05, 0.1) is 31.3 Å². The number of anilines is 1. The van der Waals surface area contributed by atoms with Gasteiger partial charge < -0.3 is 19.5 Å². The first kappa shape index (κ1) is 24.3. The monoisotopic (exact) mass is 490 g/mol. The van der Waals surface area contributed by atoms with E-state index in [1.54, 1.807) is 0 Å². The summed E-state index contributed by atoms with van der Waals surface area (Å²) in [7, 11) is 1.02. The highest BCUT2D eigenvalue weighted by atomic mass is 19.4. The Labute approximate surface area is 190 Å². The number of carbonyl (C=O) groups excluding carboxylic acids is 1. The second-order valence-corrected chi connectivity index (χ2v) is 8.34. The van der Waals surface area contributed by atoms with Crippen LogP contribution >= 0.6 is 0 Å². The van der Waals surface area contributed by atoms with Crippen LogP contribution in [0, 0.1) is 23.4 Å². The van der Waals surface area contributed by atoms with Gasteiger partial charge in [0.25, 0.3) is 5.91 Å². The van der Waals surface area contributed by atoms with Gasteiger partial charge in [0.15, 0.2) is 23.0 Å². The van der Waals surface area contributed by atoms with Crippen molar-refractivity contribution in [3.05, 3.63) is 53.1 Å². The average molecular weight is 490 g/mol. The lowest BCUT2D eigenvalue weighted by Gasteiger charge is -2.32. The number of nitrogens with zero attached hydrogens (tertiary/aromatic N) is 1. The fraction of sp³-hybridized carbons (Fsp3) is 0.455. The second-order valence-electron chi connectivity index (χ2n) is 8.34. The zero-order valence-corrected chi connectivity index (χ0v) is 18.2. The highest BCUT2D eigenvalue weighted by molar-refractivity contribution is 5.95. The number of carbonyl (C=O) groups is 1. The van der Waals surface area contributed by atoms with E-state index in [0.29, 0.717) is 12.3 Å². The maximum absolute atomic E-state index is 14.4. The summed E-state index contributed by atoms with van der Waals surface area (Å²) >= 11 is 0. The normalized spacial score (nSPS) is 28.6. The Morgan fingerprint density at radius 1 is 1.24 bits per heavy atom. The summed E-state index contributed by atoms with van der Waals surface area (Å²) in [6.07, 6.45) is -6.27. The number of hydrogen-bond donors (Lipinski definition) is 1. The molecule has 12 heteroatoms. The van der Waals surface area contributed by atoms with E-state index in [9.17, 15) is 31.1 Å². The van der Waals surface area contributed by atoms with Gasteiger partial charge in [-0.3, -0.25) is 9.78 Å². The van der Waals surface area contributed by atoms with Crippen molar-refractivity contribution in [2.24, 2.45) is 5.92 Å². The highest BCUT2D eigenvalue weighted by Crippen LogP contribution is 2.55. The molecule has 0 bridgehead atoms. The number of amides is 1. The minimum atomic E-state index is -4.91. The van der Waals surface area contributed by atoms with Gasteiger partial charge in [0.1, 0.15) is 12.2 Å². The number of pyridine rings is 1. The number of hydrogen-bond acceptors (Lipinski definition) is 5. The van der Waals surface area contributed by atoms with Crippen LogP contribution in [0.1, 0.15) is 37.1 Å². The molecule has 1 aromatic carbocycles. The van der Waals surface area contributed by atoms with Crippen LogP contribution in [-0.2, 0) is 14.3 Å². The Bertz CT molecular complexity index is 1120. The molecule has 1 unspecified atom stereocenters. The number of rotatable bonds is 5. The maximum atomic E-state index is 14.4. The van der Waals surface area contributed by atoms with Crippen molar-refractivity contribution in [2.75, 3.05) is 19.0 Å². The van der Waals surface area contributed by atoms with Gasteiger partial charge >= 0.3 is 6.18 Å². The van der Waals surface area contributed by atoms with Crippen molar-refractivity contribution in [1.29, 1.82) is 0 Å². The molecule has 3 heterocycles. The summed E-state index contributed by atoms with van der Waals surface area (Å²) < 4.78 is 99.6. The van der Waals surface area contributed by atoms with E-state index in [0.717, 1.165) is 32.4 Å². The minimum absolute atomic E-state index is 0.190. The summed E-state index contributed by atoms with van der Waals surface area (Å²) in [5.41, 5.74) is -3.02. The molecule has 4 rings (SSSR count). The zero-order chi connectivity index (χ0) is 25.0. The van der Waals surface area contributed by atoms with Crippen molar-refractivity contribution in [2.45, 2.75) is 43.8 Å². The SMILES string of the molecule is COc1c([C@H]2[C@H](C(=O)Nc3cc(C4CO4)ncc3F)O[C@@](C)(C(F)(F)F)[C@H]2C)ccc(F)c1F. The first-order valence-corrected chi connectivity index (χ1v) is 10.2. The number of nitrogens with one attached hydrogen (secondary N) is 1. The molecule has 184 valence electrons. The van der Waals surface area contributed by atoms with Crippen molar-refractivity contribution in [3.8, 4) is 5.75 Å². The lowest BCUT2D eigenvalue weighted by atomic mass is 9.77. The van der Waals surface area contributed by atoms with Crippen LogP contribution in [0.15, 0.2) is 24.4 Å². The Morgan fingerprint density at radius 2 is 1.91 bits per heavy atom. The average Bonchev–Trinajstić information content (AvgIpc) is 3.57. The molecule has 0 spiro atoms. The van der Waals surface area contributed by atoms with E-state index in [1.165, 1.54) is 13.0 Å². The van der Waals surface area contributed by atoms with E-state index in [2.05, 4.69) is 10.3 Å². The largest absolute Gasteiger partial charge is 0.493 e. The van der Waals surface area contributed by atoms with Crippen molar-refractivity contribution in [3.63, 3.8) is 0 Å². The minimum Gasteiger partial charge on any atom is -0.493 e. The number of halogens is 6. The van der Waals surface area contributed by atoms with Crippen LogP contribution in [0.25, 0.3) is 0 Å². The van der Waals surface area contributed by atoms with Gasteiger partial charge in [-0.05, 0) is 19.1 Å². The Kier molecular flexibility index (Phi) is 6.01. The lowest BCUT2D eigenvalue weighted by molar-refractivity contribution is -0.272. The lowest BCUT2D eigenvalue weighted by Crippen LogP contribution is -2.47. The third-order valence-electron chi connectivity index (χ3n) is 6.37. The molecule has 1 amide bonds. The molecule has 0 radical (unpaired) electrons. The number of benzene rings is 1. The summed E-state index contributed by atoms with van der Waals surface area (Å²) in [5.74, 6) is -8.21. The van der Waals surface area contributed by atoms with Crippen LogP contribution in [0.2, 0.25) is 0 Å². The summed E-state index contributed by atoms with van der Waals surface area (Å²) in [6.45, 7) is 2.30. The van der Waals surface area contributed by atoms with Crippen LogP contribution in [-0.4, -0.2) is 42.5 Å². The number of methoxy groups -OCH3 is 1. The van der Waals surface area contributed by atoms with Gasteiger partial charge in [0.2, 0.25) is 5.82 Å². The van der Waals surface area contributed by atoms with E-state index in [-0.39, 0.29) is 17.4 Å². The third kappa shape index (κ3) is 3.98. The van der Waals surface area contributed by atoms with Gasteiger partial charge in [-0.15, -0.1) is 0 Å². The first-order valence-electron chi connectivity index (χ1n) is 10.2. The fourth-order valence-electron chi connectivity index (χ4n) is 4.19. The number of epoxide rings is 1. The standard InChI is InChI=1S/C22H20F6N2O4/c1-9-16(10-4-5-11(23)17(25)18(10)32-3)19(34-21(9,2)22(26,27)28)20(31)30-13-6-14(15-8-33-15)29-7-12(13)24/h4-7,9,15-16,19H,8H2,1-3H3,(H,29,30,31)/t9-,15?,16-,19+,21+/m0/s1. The van der Waals surface area contributed by atoms with Crippen molar-refractivity contribution in [1.82, 2.24) is 4.98 Å². The van der Waals surface area contributed by atoms with Crippen LogP contribution < -0.4 is 10.1 Å². The topological polar surface area (TPSA) is 73.0 Å². The van der Waals surface area contributed by atoms with Crippen molar-refractivity contribution >= 4 is 11.6 Å². The Morgan fingerprint density at radius 3 is 2.50 bits per heavy atom. The second kappa shape index (κ2) is 8.42. The molecule has 34 heavy (non-hydrogen) atoms. The highest BCUT2D eigenvalue weighted by Gasteiger charge is 2.66. The molecule has 5 atom stereocenters. The quantitative estimate of drug-likeness (QED) is 0.488. The molecule has 2 fully saturated rings. The molecule has 2 aliphatic heterocycles. The predicted molar refractivity (Wildman–Crippen MR) is 106 cm³/mol. The van der Waals surface area contributed by atoms with Crippen molar-refractivity contribution < 1.29 is 45.3 Å². The summed E-state index contributed by atoms with van der Waals surface area (Å²) in [4.78, 5) is 17.0. The predicted octanol–water partition coefficient (Wildman–Crippen LogP) is 4.66. The molecular weight excluding hydrogens is 470 g/mol. The zero-order valence-electron chi connectivity index (χ0n) is 18.2. The molecular formula is C22H20F6N2O4. The van der Waals surface area contributed by atoms with E-state index >= 15 is 0 Å². The number of ether oxygens (including phenoxy) is 3. The molecule has 2 saturated heterocycles. The molecule has 0 aliphatic carbocycles. The molecule has 2 aromatic rings. The third-order valence-corrected chi connectivity index (χ3v) is 6.37. The van der Waals surface area contributed by atoms with Crippen LogP contribution in [0.5, 0.6) is 5.75 Å². The van der Waals surface area contributed by atoms with Crippen LogP contribution in [0.4, 0.5) is 32.0 Å². The van der Waals surface area contributed by atoms with Gasteiger partial charge in [-0.1, -0.05) is 13.0 Å². The first-order chi connectivity index (χ1) is 15.9. The fourth-order valence-corrected chi connectivity index (χ4v) is 4.19. The van der Waals surface area contributed by atoms with E-state index in [4.69, 9.17) is 14.2 Å². The van der Waals surface area contributed by atoms with E-state index in [1.807, 2.05) is 0 Å². The molecule has 2 aliphatic rings. The smallest absolute Gasteiger partial charge is 0.417 e. The Hall–Kier alpha value is -2.86. The summed E-state index contributed by atoms with van der Waals surface area (Å²) in [6, 6.07) is 2.97.